The fourth-order valence-corrected chi connectivity index (χ4v) is 9.93. The third-order valence-electron chi connectivity index (χ3n) is 12.7. The number of alkyl carbamates (subject to hydrolysis) is 3. The van der Waals surface area contributed by atoms with Crippen LogP contribution in [0.15, 0.2) is 49.6 Å². The molecule has 0 spiro atoms. The highest BCUT2D eigenvalue weighted by molar-refractivity contribution is 5.87. The van der Waals surface area contributed by atoms with Crippen molar-refractivity contribution in [1.82, 2.24) is 21.3 Å². The van der Waals surface area contributed by atoms with E-state index >= 15 is 0 Å². The van der Waals surface area contributed by atoms with Crippen molar-refractivity contribution in [3.8, 4) is 0 Å². The van der Waals surface area contributed by atoms with Gasteiger partial charge in [-0.05, 0) is 127 Å². The number of carbonyl (C=O) groups is 7. The highest BCUT2D eigenvalue weighted by Gasteiger charge is 2.45. The summed E-state index contributed by atoms with van der Waals surface area (Å²) < 4.78 is 43.5. The summed E-state index contributed by atoms with van der Waals surface area (Å²) >= 11 is 0. The summed E-state index contributed by atoms with van der Waals surface area (Å²) in [5, 5.41) is 21.6. The Labute approximate surface area is 438 Å². The topological polar surface area (TPSA) is 262 Å². The van der Waals surface area contributed by atoms with Crippen molar-refractivity contribution in [3.63, 3.8) is 0 Å². The molecule has 20 heteroatoms. The number of hydrogen-bond donors (Lipinski definition) is 5. The van der Waals surface area contributed by atoms with E-state index in [0.717, 1.165) is 25.0 Å². The number of amides is 4. The molecular formula is C54H88N4O16. The molecule has 74 heavy (non-hydrogen) atoms. The molecule has 0 aromatic heterocycles. The Balaban J connectivity index is 1.88. The van der Waals surface area contributed by atoms with Gasteiger partial charge in [-0.2, -0.15) is 0 Å². The normalized spacial score (nSPS) is 22.4. The van der Waals surface area contributed by atoms with E-state index in [1.54, 1.807) is 13.8 Å². The van der Waals surface area contributed by atoms with Gasteiger partial charge in [0.2, 0.25) is 0 Å². The van der Waals surface area contributed by atoms with Gasteiger partial charge in [0.25, 0.3) is 5.91 Å². The minimum atomic E-state index is -1.31. The summed E-state index contributed by atoms with van der Waals surface area (Å²) in [7, 11) is 0. The summed E-state index contributed by atoms with van der Waals surface area (Å²) in [6.45, 7) is 35.9. The number of ether oxygens (including phenoxy) is 8. The summed E-state index contributed by atoms with van der Waals surface area (Å²) in [5.41, 5.74) is -2.92. The molecule has 2 aliphatic rings. The predicted molar refractivity (Wildman–Crippen MR) is 276 cm³/mol. The standard InChI is InChI=1S/C54H88N4O16/c1-17-41(59)67-27-39(29-69-43(61)35(3)4)72-46(64)55-33-53(15)25-37(23-49(7,8)31-53)57-45(63)52(13,14)71-22-20-19-21-51(11,12)74-48(66)58-38-24-50(9,10)32-54(16,26-38)34-56-47(65)73-40(28-68-42(60)18-2)30-70-44(62)36(5)6/h17-18,37-41,59H,1-3,5,19-34H2,4,6-16H3,(H,55,64)(H,56,65)(H,57,63)(H,58,66). The van der Waals surface area contributed by atoms with Crippen LogP contribution >= 0.6 is 0 Å². The zero-order chi connectivity index (χ0) is 56.3. The van der Waals surface area contributed by atoms with E-state index in [1.165, 1.54) is 13.8 Å². The van der Waals surface area contributed by atoms with Crippen molar-refractivity contribution in [2.75, 3.05) is 46.1 Å². The fraction of sp³-hybridized carbons (Fsp3) is 0.722. The second-order valence-corrected chi connectivity index (χ2v) is 23.4. The number of aliphatic hydroxyl groups excluding tert-OH is 1. The number of unbranched alkanes of at least 4 members (excludes halogenated alkanes) is 1. The largest absolute Gasteiger partial charge is 0.458 e. The zero-order valence-electron chi connectivity index (χ0n) is 46.3. The molecule has 20 nitrogen and oxygen atoms in total. The van der Waals surface area contributed by atoms with Crippen molar-refractivity contribution >= 4 is 42.1 Å². The van der Waals surface area contributed by atoms with Crippen LogP contribution < -0.4 is 21.3 Å². The second-order valence-electron chi connectivity index (χ2n) is 23.4. The van der Waals surface area contributed by atoms with Crippen molar-refractivity contribution in [1.29, 1.82) is 0 Å². The van der Waals surface area contributed by atoms with Gasteiger partial charge < -0.3 is 64.3 Å². The second kappa shape index (κ2) is 28.4. The first-order chi connectivity index (χ1) is 34.1. The molecule has 2 saturated carbocycles. The monoisotopic (exact) mass is 1050 g/mol. The molecule has 2 fully saturated rings. The van der Waals surface area contributed by atoms with Crippen LogP contribution in [0.3, 0.4) is 0 Å². The summed E-state index contributed by atoms with van der Waals surface area (Å²) in [5.74, 6) is -2.35. The van der Waals surface area contributed by atoms with Crippen molar-refractivity contribution in [2.45, 2.75) is 183 Å². The van der Waals surface area contributed by atoms with Crippen LogP contribution in [-0.2, 0) is 57.1 Å². The Morgan fingerprint density at radius 1 is 0.662 bits per heavy atom. The minimum Gasteiger partial charge on any atom is -0.458 e. The maximum atomic E-state index is 13.7. The summed E-state index contributed by atoms with van der Waals surface area (Å²) in [4.78, 5) is 88.6. The zero-order valence-corrected chi connectivity index (χ0v) is 46.3. The fourth-order valence-electron chi connectivity index (χ4n) is 9.93. The van der Waals surface area contributed by atoms with Gasteiger partial charge in [0, 0.05) is 49.0 Å². The number of rotatable bonds is 29. The Hall–Kier alpha value is -5.47. The van der Waals surface area contributed by atoms with E-state index in [0.29, 0.717) is 44.9 Å². The van der Waals surface area contributed by atoms with Gasteiger partial charge in [-0.25, -0.2) is 28.8 Å². The van der Waals surface area contributed by atoms with Gasteiger partial charge in [-0.1, -0.05) is 67.9 Å². The highest BCUT2D eigenvalue weighted by atomic mass is 16.6. The lowest BCUT2D eigenvalue weighted by Gasteiger charge is -2.47. The number of aliphatic hydroxyl groups is 1. The van der Waals surface area contributed by atoms with Gasteiger partial charge in [0.1, 0.15) is 31.0 Å². The van der Waals surface area contributed by atoms with E-state index in [4.69, 9.17) is 37.9 Å². The van der Waals surface area contributed by atoms with E-state index < -0.39 is 76.7 Å². The van der Waals surface area contributed by atoms with Crippen LogP contribution in [0.2, 0.25) is 0 Å². The van der Waals surface area contributed by atoms with E-state index in [1.807, 2.05) is 27.7 Å². The van der Waals surface area contributed by atoms with Crippen LogP contribution in [0.4, 0.5) is 14.4 Å². The molecule has 0 aliphatic heterocycles. The van der Waals surface area contributed by atoms with Crippen molar-refractivity contribution in [2.24, 2.45) is 21.7 Å². The third-order valence-corrected chi connectivity index (χ3v) is 12.7. The molecule has 0 heterocycles. The lowest BCUT2D eigenvalue weighted by atomic mass is 9.62. The first-order valence-corrected chi connectivity index (χ1v) is 25.3. The molecule has 5 N–H and O–H groups in total. The lowest BCUT2D eigenvalue weighted by molar-refractivity contribution is -0.147. The average Bonchev–Trinajstić information content (AvgIpc) is 3.26. The lowest BCUT2D eigenvalue weighted by Crippen LogP contribution is -2.54. The SMILES string of the molecule is C=CC(=O)OCC(COC(=O)C(=C)C)OC(=O)NCC1(C)CC(NC(=O)OC(C)(C)CCCCOC(C)(C)C(=O)NC2CC(C)(C)CC(C)(CNC(=O)OC(COC(=O)C(=C)C)COC(O)C=C)C2)CC(C)(C)C1. The number of carbonyl (C=O) groups excluding carboxylic acids is 7. The summed E-state index contributed by atoms with van der Waals surface area (Å²) in [6, 6.07) is -0.475. The number of esters is 3. The Morgan fingerprint density at radius 2 is 1.12 bits per heavy atom. The Bertz CT molecular complexity index is 2000. The van der Waals surface area contributed by atoms with Gasteiger partial charge >= 0.3 is 36.2 Å². The minimum absolute atomic E-state index is 0.153. The Morgan fingerprint density at radius 3 is 1.58 bits per heavy atom. The highest BCUT2D eigenvalue weighted by Crippen LogP contribution is 2.47. The van der Waals surface area contributed by atoms with E-state index in [9.17, 15) is 38.7 Å². The molecule has 2 aliphatic carbocycles. The number of hydrogen-bond acceptors (Lipinski definition) is 16. The smallest absolute Gasteiger partial charge is 0.407 e. The molecule has 2 rings (SSSR count). The van der Waals surface area contributed by atoms with Crippen molar-refractivity contribution in [3.05, 3.63) is 49.6 Å². The maximum absolute atomic E-state index is 13.7. The van der Waals surface area contributed by atoms with Gasteiger partial charge in [0.15, 0.2) is 18.5 Å². The first-order valence-electron chi connectivity index (χ1n) is 25.3. The molecule has 0 aromatic carbocycles. The maximum Gasteiger partial charge on any atom is 0.407 e. The molecule has 0 aromatic rings. The van der Waals surface area contributed by atoms with Crippen LogP contribution in [-0.4, -0.2) is 135 Å². The van der Waals surface area contributed by atoms with Crippen LogP contribution in [0, 0.1) is 21.7 Å². The molecule has 0 radical (unpaired) electrons. The average molecular weight is 1050 g/mol. The predicted octanol–water partition coefficient (Wildman–Crippen LogP) is 7.42. The molecule has 0 bridgehead atoms. The summed E-state index contributed by atoms with van der Waals surface area (Å²) in [6.07, 6.45) is 2.35. The number of nitrogens with one attached hydrogen (secondary N) is 4. The molecular weight excluding hydrogens is 961 g/mol. The Kier molecular flexibility index (Phi) is 24.8. The molecule has 7 atom stereocenters. The van der Waals surface area contributed by atoms with Gasteiger partial charge in [-0.15, -0.1) is 0 Å². The molecule has 420 valence electrons. The molecule has 0 saturated heterocycles. The van der Waals surface area contributed by atoms with Crippen molar-refractivity contribution < 1.29 is 76.6 Å². The third kappa shape index (κ3) is 24.7. The van der Waals surface area contributed by atoms with Crippen LogP contribution in [0.5, 0.6) is 0 Å². The first kappa shape index (κ1) is 64.6. The van der Waals surface area contributed by atoms with Crippen LogP contribution in [0.25, 0.3) is 0 Å². The van der Waals surface area contributed by atoms with E-state index in [-0.39, 0.29) is 86.1 Å². The quantitative estimate of drug-likeness (QED) is 0.0122. The van der Waals surface area contributed by atoms with Gasteiger partial charge in [0.05, 0.1) is 6.61 Å². The van der Waals surface area contributed by atoms with Crippen LogP contribution in [0.1, 0.15) is 141 Å². The molecule has 7 unspecified atom stereocenters. The molecule has 4 amide bonds. The van der Waals surface area contributed by atoms with Gasteiger partial charge in [-0.3, -0.25) is 4.79 Å². The van der Waals surface area contributed by atoms with E-state index in [2.05, 4.69) is 75.3 Å².